The summed E-state index contributed by atoms with van der Waals surface area (Å²) in [5.74, 6) is 0.354. The first-order chi connectivity index (χ1) is 14.2. The van der Waals surface area contributed by atoms with Crippen molar-refractivity contribution in [3.63, 3.8) is 0 Å². The normalized spacial score (nSPS) is 14.1. The van der Waals surface area contributed by atoms with Crippen molar-refractivity contribution in [3.8, 4) is 11.9 Å². The maximum atomic E-state index is 12.2. The van der Waals surface area contributed by atoms with Gasteiger partial charge in [0.15, 0.2) is 5.78 Å². The lowest BCUT2D eigenvalue weighted by Crippen LogP contribution is -2.40. The van der Waals surface area contributed by atoms with E-state index >= 15 is 0 Å². The molecule has 0 aliphatic carbocycles. The molecular weight excluding hydrogens is 370 g/mol. The first kappa shape index (κ1) is 20.3. The van der Waals surface area contributed by atoms with Crippen LogP contribution in [0.4, 0.5) is 4.79 Å². The van der Waals surface area contributed by atoms with Gasteiger partial charge in [0, 0.05) is 19.2 Å². The molecule has 1 amide bonds. The van der Waals surface area contributed by atoms with Crippen LogP contribution in [0.1, 0.15) is 35.3 Å². The summed E-state index contributed by atoms with van der Waals surface area (Å²) in [6.07, 6.45) is 1.13. The van der Waals surface area contributed by atoms with Crippen LogP contribution in [0.5, 0.6) is 5.88 Å². The van der Waals surface area contributed by atoms with E-state index in [-0.39, 0.29) is 30.6 Å². The van der Waals surface area contributed by atoms with Crippen LogP contribution in [0, 0.1) is 17.2 Å². The van der Waals surface area contributed by atoms with Gasteiger partial charge in [0.1, 0.15) is 18.7 Å². The van der Waals surface area contributed by atoms with Gasteiger partial charge in [0.25, 0.3) is 0 Å². The molecule has 0 N–H and O–H groups in total. The zero-order chi connectivity index (χ0) is 20.5. The standard InChI is InChI=1S/C22H23N3O4/c23-12-9-20(26)19-7-4-8-21(24-19)28-15-18-10-13-25(14-11-18)22(27)29-16-17-5-2-1-3-6-17/h1-8,18H,9-11,13-16H2. The van der Waals surface area contributed by atoms with Crippen molar-refractivity contribution in [2.45, 2.75) is 25.9 Å². The molecule has 1 fully saturated rings. The number of carbonyl (C=O) groups is 2. The van der Waals surface area contributed by atoms with Crippen molar-refractivity contribution < 1.29 is 19.1 Å². The molecule has 1 aliphatic rings. The molecule has 1 aliphatic heterocycles. The monoisotopic (exact) mass is 393 g/mol. The molecule has 29 heavy (non-hydrogen) atoms. The highest BCUT2D eigenvalue weighted by atomic mass is 16.6. The third-order valence-electron chi connectivity index (χ3n) is 4.79. The third-order valence-corrected chi connectivity index (χ3v) is 4.79. The van der Waals surface area contributed by atoms with Crippen molar-refractivity contribution in [2.75, 3.05) is 19.7 Å². The van der Waals surface area contributed by atoms with Crippen LogP contribution < -0.4 is 4.74 Å². The zero-order valence-corrected chi connectivity index (χ0v) is 16.1. The molecule has 7 nitrogen and oxygen atoms in total. The van der Waals surface area contributed by atoms with E-state index in [1.165, 1.54) is 0 Å². The number of nitrogens with zero attached hydrogens (tertiary/aromatic N) is 3. The molecule has 1 aromatic carbocycles. The largest absolute Gasteiger partial charge is 0.477 e. The molecule has 3 rings (SSSR count). The summed E-state index contributed by atoms with van der Waals surface area (Å²) in [5.41, 5.74) is 1.20. The molecular formula is C22H23N3O4. The maximum absolute atomic E-state index is 12.2. The topological polar surface area (TPSA) is 92.5 Å². The maximum Gasteiger partial charge on any atom is 0.410 e. The van der Waals surface area contributed by atoms with Crippen molar-refractivity contribution in [2.24, 2.45) is 5.92 Å². The minimum Gasteiger partial charge on any atom is -0.477 e. The number of hydrogen-bond donors (Lipinski definition) is 0. The number of Topliss-reactive ketones (excluding diaryl/α,β-unsaturated/α-hetero) is 1. The number of piperidine rings is 1. The van der Waals surface area contributed by atoms with E-state index < -0.39 is 0 Å². The number of hydrogen-bond acceptors (Lipinski definition) is 6. The van der Waals surface area contributed by atoms with E-state index in [4.69, 9.17) is 14.7 Å². The Labute approximate surface area is 169 Å². The van der Waals surface area contributed by atoms with Crippen LogP contribution in [0.3, 0.4) is 0 Å². The van der Waals surface area contributed by atoms with E-state index in [0.717, 1.165) is 18.4 Å². The molecule has 2 heterocycles. The van der Waals surface area contributed by atoms with Crippen molar-refractivity contribution in [3.05, 3.63) is 59.8 Å². The summed E-state index contributed by atoms with van der Waals surface area (Å²) in [5, 5.41) is 8.63. The zero-order valence-electron chi connectivity index (χ0n) is 16.1. The second-order valence-electron chi connectivity index (χ2n) is 6.90. The number of carbonyl (C=O) groups excluding carboxylic acids is 2. The Morgan fingerprint density at radius 3 is 2.59 bits per heavy atom. The van der Waals surface area contributed by atoms with E-state index in [1.54, 1.807) is 23.1 Å². The third kappa shape index (κ3) is 6.04. The summed E-state index contributed by atoms with van der Waals surface area (Å²) in [6, 6.07) is 16.4. The number of aromatic nitrogens is 1. The number of ether oxygens (including phenoxy) is 2. The predicted octanol–water partition coefficient (Wildman–Crippen LogP) is 3.61. The highest BCUT2D eigenvalue weighted by molar-refractivity contribution is 5.95. The van der Waals surface area contributed by atoms with Gasteiger partial charge in [0.05, 0.1) is 12.7 Å². The van der Waals surface area contributed by atoms with Crippen molar-refractivity contribution >= 4 is 11.9 Å². The van der Waals surface area contributed by atoms with Gasteiger partial charge >= 0.3 is 6.09 Å². The summed E-state index contributed by atoms with van der Waals surface area (Å²) in [6.45, 7) is 1.98. The van der Waals surface area contributed by atoms with Crippen LogP contribution in [-0.4, -0.2) is 41.5 Å². The SMILES string of the molecule is N#CCC(=O)c1cccc(OCC2CCN(C(=O)OCc3ccccc3)CC2)n1. The van der Waals surface area contributed by atoms with E-state index in [1.807, 2.05) is 36.4 Å². The second-order valence-corrected chi connectivity index (χ2v) is 6.90. The molecule has 0 radical (unpaired) electrons. The van der Waals surface area contributed by atoms with Crippen molar-refractivity contribution in [1.82, 2.24) is 9.88 Å². The van der Waals surface area contributed by atoms with E-state index in [0.29, 0.717) is 31.5 Å². The average molecular weight is 393 g/mol. The molecule has 1 saturated heterocycles. The number of rotatable bonds is 7. The first-order valence-electron chi connectivity index (χ1n) is 9.61. The molecule has 0 atom stereocenters. The number of nitriles is 1. The van der Waals surface area contributed by atoms with Crippen LogP contribution in [0.2, 0.25) is 0 Å². The Kier molecular flexibility index (Phi) is 7.17. The number of likely N-dealkylation sites (tertiary alicyclic amines) is 1. The lowest BCUT2D eigenvalue weighted by Gasteiger charge is -2.31. The van der Waals surface area contributed by atoms with Gasteiger partial charge in [-0.15, -0.1) is 0 Å². The lowest BCUT2D eigenvalue weighted by molar-refractivity contribution is 0.0757. The Morgan fingerprint density at radius 1 is 1.10 bits per heavy atom. The summed E-state index contributed by atoms with van der Waals surface area (Å²) in [4.78, 5) is 29.9. The van der Waals surface area contributed by atoms with Gasteiger partial charge in [-0.2, -0.15) is 5.26 Å². The van der Waals surface area contributed by atoms with Crippen LogP contribution in [-0.2, 0) is 11.3 Å². The number of pyridine rings is 1. The van der Waals surface area contributed by atoms with Gasteiger partial charge in [0.2, 0.25) is 5.88 Å². The fourth-order valence-electron chi connectivity index (χ4n) is 3.11. The number of benzene rings is 1. The molecule has 150 valence electrons. The highest BCUT2D eigenvalue weighted by Gasteiger charge is 2.24. The number of ketones is 1. The van der Waals surface area contributed by atoms with E-state index in [9.17, 15) is 9.59 Å². The molecule has 0 bridgehead atoms. The molecule has 7 heteroatoms. The lowest BCUT2D eigenvalue weighted by atomic mass is 9.98. The number of amides is 1. The first-order valence-corrected chi connectivity index (χ1v) is 9.61. The van der Waals surface area contributed by atoms with Gasteiger partial charge < -0.3 is 14.4 Å². The molecule has 2 aromatic rings. The minimum absolute atomic E-state index is 0.199. The second kappa shape index (κ2) is 10.2. The Bertz CT molecular complexity index is 871. The Morgan fingerprint density at radius 2 is 1.86 bits per heavy atom. The van der Waals surface area contributed by atoms with Gasteiger partial charge in [-0.1, -0.05) is 36.4 Å². The average Bonchev–Trinajstić information content (AvgIpc) is 2.77. The molecule has 0 saturated carbocycles. The fourth-order valence-corrected chi connectivity index (χ4v) is 3.11. The summed E-state index contributed by atoms with van der Waals surface area (Å²) < 4.78 is 11.1. The molecule has 0 spiro atoms. The van der Waals surface area contributed by atoms with Crippen LogP contribution in [0.15, 0.2) is 48.5 Å². The van der Waals surface area contributed by atoms with Gasteiger partial charge in [-0.25, -0.2) is 9.78 Å². The Hall–Kier alpha value is -3.40. The van der Waals surface area contributed by atoms with Crippen LogP contribution in [0.25, 0.3) is 0 Å². The fraction of sp³-hybridized carbons (Fsp3) is 0.364. The van der Waals surface area contributed by atoms with Crippen molar-refractivity contribution in [1.29, 1.82) is 5.26 Å². The highest BCUT2D eigenvalue weighted by Crippen LogP contribution is 2.20. The van der Waals surface area contributed by atoms with Gasteiger partial charge in [-0.05, 0) is 30.4 Å². The quantitative estimate of drug-likeness (QED) is 0.667. The van der Waals surface area contributed by atoms with E-state index in [2.05, 4.69) is 4.98 Å². The molecule has 1 aromatic heterocycles. The van der Waals surface area contributed by atoms with Crippen LogP contribution >= 0.6 is 0 Å². The summed E-state index contributed by atoms with van der Waals surface area (Å²) >= 11 is 0. The molecule has 0 unspecified atom stereocenters. The smallest absolute Gasteiger partial charge is 0.410 e. The Balaban J connectivity index is 1.41. The summed E-state index contributed by atoms with van der Waals surface area (Å²) in [7, 11) is 0. The van der Waals surface area contributed by atoms with Gasteiger partial charge in [-0.3, -0.25) is 4.79 Å². The predicted molar refractivity (Wildman–Crippen MR) is 105 cm³/mol. The minimum atomic E-state index is -0.319.